The number of carbonyl (C=O) groups is 2. The van der Waals surface area contributed by atoms with Crippen molar-refractivity contribution in [1.29, 1.82) is 0 Å². The van der Waals surface area contributed by atoms with Crippen molar-refractivity contribution >= 4 is 23.2 Å². The first-order chi connectivity index (χ1) is 14.6. The van der Waals surface area contributed by atoms with E-state index in [1.807, 2.05) is 46.7 Å². The minimum atomic E-state index is -0.422. The van der Waals surface area contributed by atoms with E-state index in [2.05, 4.69) is 12.2 Å². The molecule has 5 nitrogen and oxygen atoms in total. The summed E-state index contributed by atoms with van der Waals surface area (Å²) in [6, 6.07) is 11.5. The van der Waals surface area contributed by atoms with Crippen molar-refractivity contribution in [2.75, 3.05) is 20.3 Å². The van der Waals surface area contributed by atoms with Gasteiger partial charge in [0, 0.05) is 30.1 Å². The summed E-state index contributed by atoms with van der Waals surface area (Å²) in [6.45, 7) is 3.17. The van der Waals surface area contributed by atoms with Crippen molar-refractivity contribution in [2.24, 2.45) is 5.92 Å². The van der Waals surface area contributed by atoms with E-state index >= 15 is 0 Å². The van der Waals surface area contributed by atoms with Gasteiger partial charge >= 0.3 is 0 Å². The number of carbonyl (C=O) groups excluding carboxylic acids is 2. The minimum Gasteiger partial charge on any atom is -0.383 e. The third-order valence-corrected chi connectivity index (χ3v) is 7.40. The molecule has 0 saturated heterocycles. The summed E-state index contributed by atoms with van der Waals surface area (Å²) in [5, 5.41) is 5.34. The second-order valence-corrected chi connectivity index (χ2v) is 9.46. The highest BCUT2D eigenvalue weighted by molar-refractivity contribution is 7.10. The number of rotatable bonds is 6. The van der Waals surface area contributed by atoms with Crippen LogP contribution in [0.4, 0.5) is 0 Å². The molecule has 1 aliphatic carbocycles. The highest BCUT2D eigenvalue weighted by Gasteiger charge is 2.44. The van der Waals surface area contributed by atoms with Gasteiger partial charge in [-0.3, -0.25) is 9.59 Å². The van der Waals surface area contributed by atoms with Gasteiger partial charge in [-0.2, -0.15) is 0 Å². The molecule has 2 heterocycles. The quantitative estimate of drug-likeness (QED) is 0.746. The molecule has 2 amide bonds. The summed E-state index contributed by atoms with van der Waals surface area (Å²) < 4.78 is 5.28. The molecule has 160 valence electrons. The molecule has 1 aliphatic heterocycles. The number of amides is 2. The van der Waals surface area contributed by atoms with Crippen LogP contribution in [-0.2, 0) is 9.53 Å². The second kappa shape index (κ2) is 9.31. The smallest absolute Gasteiger partial charge is 0.254 e. The maximum absolute atomic E-state index is 13.7. The van der Waals surface area contributed by atoms with Crippen molar-refractivity contribution in [3.63, 3.8) is 0 Å². The Balaban J connectivity index is 1.71. The van der Waals surface area contributed by atoms with Crippen LogP contribution in [0.25, 0.3) is 0 Å². The maximum Gasteiger partial charge on any atom is 0.254 e. The number of fused-ring (bicyclic) bond motifs is 1. The molecule has 1 N–H and O–H groups in total. The third-order valence-electron chi connectivity index (χ3n) is 6.45. The Labute approximate surface area is 182 Å². The average molecular weight is 427 g/mol. The van der Waals surface area contributed by atoms with Crippen molar-refractivity contribution in [1.82, 2.24) is 10.2 Å². The zero-order valence-corrected chi connectivity index (χ0v) is 18.5. The SMILES string of the molecule is COCCN1C(=O)c2ccccc2[C@H](C(=O)NC2CCC(C)CC2)[C@@H]1c1cccs1. The highest BCUT2D eigenvalue weighted by Crippen LogP contribution is 2.44. The molecule has 0 unspecified atom stereocenters. The topological polar surface area (TPSA) is 58.6 Å². The molecule has 1 aromatic heterocycles. The highest BCUT2D eigenvalue weighted by atomic mass is 32.1. The Hall–Kier alpha value is -2.18. The lowest BCUT2D eigenvalue weighted by Gasteiger charge is -2.41. The number of nitrogens with one attached hydrogen (secondary N) is 1. The fraction of sp³-hybridized carbons (Fsp3) is 0.500. The predicted octanol–water partition coefficient (Wildman–Crippen LogP) is 4.37. The molecule has 4 rings (SSSR count). The standard InChI is InChI=1S/C24H30N2O3S/c1-16-9-11-17(12-10-16)25-23(27)21-18-6-3-4-7-19(18)24(28)26(13-14-29-2)22(21)20-8-5-15-30-20/h3-8,15-17,21-22H,9-14H2,1-2H3,(H,25,27)/t16?,17?,21-,22-/m0/s1. The van der Waals surface area contributed by atoms with Gasteiger partial charge in [0.1, 0.15) is 0 Å². The molecule has 6 heteroatoms. The Morgan fingerprint density at radius 2 is 1.93 bits per heavy atom. The van der Waals surface area contributed by atoms with Crippen LogP contribution in [0.15, 0.2) is 41.8 Å². The van der Waals surface area contributed by atoms with E-state index < -0.39 is 5.92 Å². The summed E-state index contributed by atoms with van der Waals surface area (Å²) in [6.07, 6.45) is 4.35. The predicted molar refractivity (Wildman–Crippen MR) is 119 cm³/mol. The van der Waals surface area contributed by atoms with Crippen molar-refractivity contribution < 1.29 is 14.3 Å². The third kappa shape index (κ3) is 4.16. The van der Waals surface area contributed by atoms with Gasteiger partial charge in [-0.1, -0.05) is 31.2 Å². The van der Waals surface area contributed by atoms with Gasteiger partial charge in [0.15, 0.2) is 0 Å². The van der Waals surface area contributed by atoms with Gasteiger partial charge in [0.2, 0.25) is 5.91 Å². The Morgan fingerprint density at radius 3 is 2.63 bits per heavy atom. The molecule has 1 aromatic carbocycles. The number of hydrogen-bond acceptors (Lipinski definition) is 4. The molecule has 0 spiro atoms. The van der Waals surface area contributed by atoms with Gasteiger partial charge in [0.25, 0.3) is 5.91 Å². The lowest BCUT2D eigenvalue weighted by molar-refractivity contribution is -0.125. The van der Waals surface area contributed by atoms with Gasteiger partial charge in [-0.15, -0.1) is 11.3 Å². The number of nitrogens with zero attached hydrogens (tertiary/aromatic N) is 1. The van der Waals surface area contributed by atoms with Crippen LogP contribution in [0.1, 0.15) is 65.4 Å². The van der Waals surface area contributed by atoms with Gasteiger partial charge in [-0.25, -0.2) is 0 Å². The maximum atomic E-state index is 13.7. The number of methoxy groups -OCH3 is 1. The van der Waals surface area contributed by atoms with E-state index in [0.29, 0.717) is 18.7 Å². The van der Waals surface area contributed by atoms with E-state index in [0.717, 1.165) is 42.0 Å². The molecule has 2 atom stereocenters. The zero-order chi connectivity index (χ0) is 21.1. The summed E-state index contributed by atoms with van der Waals surface area (Å²) >= 11 is 1.60. The summed E-state index contributed by atoms with van der Waals surface area (Å²) in [7, 11) is 1.64. The molecule has 0 radical (unpaired) electrons. The summed E-state index contributed by atoms with van der Waals surface area (Å²) in [5.74, 6) is 0.301. The average Bonchev–Trinajstić information content (AvgIpc) is 3.29. The van der Waals surface area contributed by atoms with Crippen LogP contribution in [0, 0.1) is 5.92 Å². The Kier molecular flexibility index (Phi) is 6.54. The monoisotopic (exact) mass is 426 g/mol. The van der Waals surface area contributed by atoms with Gasteiger partial charge in [0.05, 0.1) is 18.6 Å². The molecule has 1 saturated carbocycles. The fourth-order valence-corrected chi connectivity index (χ4v) is 5.66. The number of thiophene rings is 1. The molecule has 2 aromatic rings. The van der Waals surface area contributed by atoms with E-state index in [9.17, 15) is 9.59 Å². The fourth-order valence-electron chi connectivity index (χ4n) is 4.78. The molecular formula is C24H30N2O3S. The first-order valence-electron chi connectivity index (χ1n) is 10.8. The number of hydrogen-bond donors (Lipinski definition) is 1. The second-order valence-electron chi connectivity index (χ2n) is 8.48. The van der Waals surface area contributed by atoms with Crippen LogP contribution in [0.3, 0.4) is 0 Å². The molecular weight excluding hydrogens is 396 g/mol. The van der Waals surface area contributed by atoms with Crippen LogP contribution >= 0.6 is 11.3 Å². The van der Waals surface area contributed by atoms with E-state index in [-0.39, 0.29) is 23.9 Å². The first kappa shape index (κ1) is 21.1. The largest absolute Gasteiger partial charge is 0.383 e. The zero-order valence-electron chi connectivity index (χ0n) is 17.7. The Bertz CT molecular complexity index is 874. The van der Waals surface area contributed by atoms with E-state index in [1.54, 1.807) is 18.4 Å². The van der Waals surface area contributed by atoms with Crippen molar-refractivity contribution in [2.45, 2.75) is 50.6 Å². The van der Waals surface area contributed by atoms with Crippen LogP contribution in [0.5, 0.6) is 0 Å². The van der Waals surface area contributed by atoms with Gasteiger partial charge in [-0.05, 0) is 54.7 Å². The van der Waals surface area contributed by atoms with Crippen LogP contribution in [0.2, 0.25) is 0 Å². The molecule has 0 bridgehead atoms. The van der Waals surface area contributed by atoms with Crippen molar-refractivity contribution in [3.05, 3.63) is 57.8 Å². The molecule has 2 aliphatic rings. The first-order valence-corrected chi connectivity index (χ1v) is 11.7. The van der Waals surface area contributed by atoms with Crippen LogP contribution < -0.4 is 5.32 Å². The van der Waals surface area contributed by atoms with Crippen LogP contribution in [-0.4, -0.2) is 43.0 Å². The summed E-state index contributed by atoms with van der Waals surface area (Å²) in [5.41, 5.74) is 1.45. The Morgan fingerprint density at radius 1 is 1.17 bits per heavy atom. The molecule has 30 heavy (non-hydrogen) atoms. The van der Waals surface area contributed by atoms with E-state index in [4.69, 9.17) is 4.74 Å². The van der Waals surface area contributed by atoms with Crippen molar-refractivity contribution in [3.8, 4) is 0 Å². The lowest BCUT2D eigenvalue weighted by Crippen LogP contribution is -2.50. The number of ether oxygens (including phenoxy) is 1. The molecule has 1 fully saturated rings. The lowest BCUT2D eigenvalue weighted by atomic mass is 9.80. The normalized spacial score (nSPS) is 26.3. The number of benzene rings is 1. The van der Waals surface area contributed by atoms with E-state index in [1.165, 1.54) is 0 Å². The summed E-state index contributed by atoms with van der Waals surface area (Å²) in [4.78, 5) is 29.9. The minimum absolute atomic E-state index is 0.0234. The van der Waals surface area contributed by atoms with Gasteiger partial charge < -0.3 is 15.0 Å².